The Hall–Kier alpha value is -4.10. The molecule has 0 spiro atoms. The van der Waals surface area contributed by atoms with Crippen LogP contribution in [0.15, 0.2) is 48.5 Å². The molecule has 0 aromatic heterocycles. The average molecular weight is 729 g/mol. The summed E-state index contributed by atoms with van der Waals surface area (Å²) in [6.07, 6.45) is -10.6. The first kappa shape index (κ1) is 41.3. The van der Waals surface area contributed by atoms with Crippen LogP contribution in [0.2, 0.25) is 0 Å². The molecular weight excluding hydrogens is 682 g/mol. The molecule has 2 amide bonds. The Bertz CT molecular complexity index is 1590. The fourth-order valence-electron chi connectivity index (χ4n) is 7.18. The number of esters is 2. The molecule has 1 aliphatic rings. The van der Waals surface area contributed by atoms with Crippen LogP contribution < -0.4 is 10.6 Å². The number of nitrogens with one attached hydrogen (secondary N) is 2. The van der Waals surface area contributed by atoms with Crippen molar-refractivity contribution in [3.05, 3.63) is 65.2 Å². The van der Waals surface area contributed by atoms with Gasteiger partial charge in [0.2, 0.25) is 17.2 Å². The maximum atomic E-state index is 14.8. The first-order valence-corrected chi connectivity index (χ1v) is 16.4. The number of carbonyl (C=O) groups is 4. The standard InChI is InChI=1S/C37H46F6N2O6/c1-11-31(3,4)21-13-15-22(16-14-21)35(36(38,39)40,37(41,42)43)23-17-19-24(20-18-23)44-29(48)33(7)25(27(46)50-9)34(8,26(33)28(47)51-10)30(49)45-32(5,6)12-2/h13-20,25-26H,11-12H2,1-10H3,(H,44,48)(H,45,49). The predicted molar refractivity (Wildman–Crippen MR) is 177 cm³/mol. The van der Waals surface area contributed by atoms with Crippen LogP contribution >= 0.6 is 0 Å². The molecule has 2 N–H and O–H groups in total. The number of halogens is 6. The van der Waals surface area contributed by atoms with Crippen molar-refractivity contribution < 1.29 is 55.0 Å². The van der Waals surface area contributed by atoms with E-state index in [1.807, 2.05) is 20.8 Å². The van der Waals surface area contributed by atoms with Gasteiger partial charge in [0.05, 0.1) is 36.9 Å². The number of carbonyl (C=O) groups excluding carboxylic acids is 4. The summed E-state index contributed by atoms with van der Waals surface area (Å²) in [5.74, 6) is -6.83. The molecule has 8 nitrogen and oxygen atoms in total. The van der Waals surface area contributed by atoms with E-state index in [9.17, 15) is 45.5 Å². The lowest BCUT2D eigenvalue weighted by Gasteiger charge is -2.61. The summed E-state index contributed by atoms with van der Waals surface area (Å²) >= 11 is 0. The molecule has 3 rings (SSSR count). The van der Waals surface area contributed by atoms with Crippen LogP contribution in [0.3, 0.4) is 0 Å². The van der Waals surface area contributed by atoms with Crippen molar-refractivity contribution in [1.82, 2.24) is 5.32 Å². The van der Waals surface area contributed by atoms with Gasteiger partial charge in [-0.3, -0.25) is 19.2 Å². The largest absolute Gasteiger partial charge is 0.469 e. The lowest BCUT2D eigenvalue weighted by Crippen LogP contribution is -2.76. The van der Waals surface area contributed by atoms with Gasteiger partial charge in [0.1, 0.15) is 0 Å². The van der Waals surface area contributed by atoms with E-state index in [0.717, 1.165) is 38.5 Å². The molecule has 282 valence electrons. The van der Waals surface area contributed by atoms with E-state index in [1.165, 1.54) is 26.0 Å². The van der Waals surface area contributed by atoms with Gasteiger partial charge in [-0.1, -0.05) is 64.1 Å². The number of ether oxygens (including phenoxy) is 2. The number of amides is 2. The highest BCUT2D eigenvalue weighted by Crippen LogP contribution is 2.65. The number of hydrogen-bond acceptors (Lipinski definition) is 6. The molecule has 2 unspecified atom stereocenters. The Balaban J connectivity index is 2.12. The maximum Gasteiger partial charge on any atom is 0.411 e. The normalized spacial score (nSPS) is 22.7. The Morgan fingerprint density at radius 3 is 1.37 bits per heavy atom. The van der Waals surface area contributed by atoms with Gasteiger partial charge in [-0.15, -0.1) is 0 Å². The predicted octanol–water partition coefficient (Wildman–Crippen LogP) is 7.63. The molecule has 14 heteroatoms. The number of alkyl halides is 6. The summed E-state index contributed by atoms with van der Waals surface area (Å²) in [5.41, 5.74) is -11.4. The van der Waals surface area contributed by atoms with Gasteiger partial charge in [0.15, 0.2) is 0 Å². The molecule has 0 bridgehead atoms. The molecule has 1 saturated carbocycles. The molecule has 2 aromatic rings. The summed E-state index contributed by atoms with van der Waals surface area (Å²) in [7, 11) is 2.07. The number of methoxy groups -OCH3 is 2. The Morgan fingerprint density at radius 2 is 1.02 bits per heavy atom. The second-order valence-electron chi connectivity index (χ2n) is 14.8. The van der Waals surface area contributed by atoms with Crippen LogP contribution in [0.4, 0.5) is 32.0 Å². The van der Waals surface area contributed by atoms with Crippen LogP contribution in [0.25, 0.3) is 0 Å². The molecule has 51 heavy (non-hydrogen) atoms. The first-order valence-electron chi connectivity index (χ1n) is 16.4. The van der Waals surface area contributed by atoms with Gasteiger partial charge >= 0.3 is 24.3 Å². The van der Waals surface area contributed by atoms with E-state index in [4.69, 9.17) is 9.47 Å². The molecule has 0 radical (unpaired) electrons. The quantitative estimate of drug-likeness (QED) is 0.182. The van der Waals surface area contributed by atoms with Crippen molar-refractivity contribution >= 4 is 29.4 Å². The Labute approximate surface area is 294 Å². The smallest absolute Gasteiger partial charge is 0.411 e. The second-order valence-corrected chi connectivity index (χ2v) is 14.8. The zero-order chi connectivity index (χ0) is 39.2. The van der Waals surface area contributed by atoms with E-state index in [1.54, 1.807) is 20.8 Å². The third-order valence-electron chi connectivity index (χ3n) is 11.0. The molecular formula is C37H46F6N2O6. The maximum absolute atomic E-state index is 14.8. The number of hydrogen-bond donors (Lipinski definition) is 2. The van der Waals surface area contributed by atoms with Crippen molar-refractivity contribution in [2.24, 2.45) is 22.7 Å². The summed E-state index contributed by atoms with van der Waals surface area (Å²) < 4.78 is 98.8. The third kappa shape index (κ3) is 6.70. The summed E-state index contributed by atoms with van der Waals surface area (Å²) in [6, 6.07) is 7.13. The van der Waals surface area contributed by atoms with Gasteiger partial charge < -0.3 is 20.1 Å². The van der Waals surface area contributed by atoms with E-state index in [2.05, 4.69) is 10.6 Å². The highest BCUT2D eigenvalue weighted by molar-refractivity contribution is 6.08. The molecule has 1 fully saturated rings. The molecule has 0 saturated heterocycles. The second kappa shape index (κ2) is 13.8. The van der Waals surface area contributed by atoms with Gasteiger partial charge in [0.25, 0.3) is 0 Å². The zero-order valence-electron chi connectivity index (χ0n) is 30.4. The summed E-state index contributed by atoms with van der Waals surface area (Å²) in [6.45, 7) is 13.3. The van der Waals surface area contributed by atoms with Crippen molar-refractivity contribution in [3.8, 4) is 0 Å². The van der Waals surface area contributed by atoms with E-state index < -0.39 is 86.3 Å². The summed E-state index contributed by atoms with van der Waals surface area (Å²) in [5, 5.41) is 5.21. The number of anilines is 1. The van der Waals surface area contributed by atoms with E-state index in [0.29, 0.717) is 30.5 Å². The molecule has 2 atom stereocenters. The molecule has 2 aromatic carbocycles. The van der Waals surface area contributed by atoms with Crippen molar-refractivity contribution in [3.63, 3.8) is 0 Å². The van der Waals surface area contributed by atoms with Crippen LogP contribution in [-0.2, 0) is 39.5 Å². The Morgan fingerprint density at radius 1 is 0.647 bits per heavy atom. The number of benzene rings is 2. The van der Waals surface area contributed by atoms with Crippen LogP contribution in [-0.4, -0.2) is 55.9 Å². The average Bonchev–Trinajstić information content (AvgIpc) is 3.04. The summed E-state index contributed by atoms with van der Waals surface area (Å²) in [4.78, 5) is 54.1. The van der Waals surface area contributed by atoms with Crippen molar-refractivity contribution in [1.29, 1.82) is 0 Å². The van der Waals surface area contributed by atoms with E-state index in [-0.39, 0.29) is 5.69 Å². The number of rotatable bonds is 11. The SMILES string of the molecule is CCC(C)(C)NC(=O)C1(C)C(C(=O)OC)C(C)(C(=O)Nc2ccc(C(c3ccc(C(C)(C)CC)cc3)(C(F)(F)F)C(F)(F)F)cc2)C1C(=O)OC. The van der Waals surface area contributed by atoms with Crippen molar-refractivity contribution in [2.75, 3.05) is 19.5 Å². The lowest BCUT2D eigenvalue weighted by molar-refractivity contribution is -0.288. The molecule has 0 heterocycles. The third-order valence-corrected chi connectivity index (χ3v) is 11.0. The first-order chi connectivity index (χ1) is 23.3. The zero-order valence-corrected chi connectivity index (χ0v) is 30.4. The molecule has 1 aliphatic carbocycles. The minimum Gasteiger partial charge on any atom is -0.469 e. The molecule has 0 aliphatic heterocycles. The van der Waals surface area contributed by atoms with Gasteiger partial charge in [-0.25, -0.2) is 0 Å². The monoisotopic (exact) mass is 728 g/mol. The van der Waals surface area contributed by atoms with Gasteiger partial charge in [-0.05, 0) is 74.8 Å². The van der Waals surface area contributed by atoms with Crippen LogP contribution in [0, 0.1) is 22.7 Å². The van der Waals surface area contributed by atoms with Gasteiger partial charge in [-0.2, -0.15) is 26.3 Å². The Kier molecular flexibility index (Phi) is 11.2. The fraction of sp³-hybridized carbons (Fsp3) is 0.568. The van der Waals surface area contributed by atoms with E-state index >= 15 is 0 Å². The highest BCUT2D eigenvalue weighted by atomic mass is 19.4. The highest BCUT2D eigenvalue weighted by Gasteiger charge is 2.79. The van der Waals surface area contributed by atoms with Gasteiger partial charge in [0, 0.05) is 11.2 Å². The fourth-order valence-corrected chi connectivity index (χ4v) is 7.18. The minimum absolute atomic E-state index is 0.235. The van der Waals surface area contributed by atoms with Crippen LogP contribution in [0.1, 0.15) is 84.9 Å². The van der Waals surface area contributed by atoms with Crippen LogP contribution in [0.5, 0.6) is 0 Å². The minimum atomic E-state index is -5.84. The van der Waals surface area contributed by atoms with Crippen molar-refractivity contribution in [2.45, 2.75) is 97.0 Å². The lowest BCUT2D eigenvalue weighted by atomic mass is 9.39. The topological polar surface area (TPSA) is 111 Å².